The van der Waals surface area contributed by atoms with Crippen LogP contribution in [-0.2, 0) is 0 Å². The smallest absolute Gasteiger partial charge is 0.0645 e. The van der Waals surface area contributed by atoms with Crippen molar-refractivity contribution in [1.29, 1.82) is 0 Å². The summed E-state index contributed by atoms with van der Waals surface area (Å²) in [6.07, 6.45) is 0. The third-order valence-corrected chi connectivity index (χ3v) is 9.57. The van der Waals surface area contributed by atoms with Crippen molar-refractivity contribution in [3.63, 3.8) is 0 Å². The summed E-state index contributed by atoms with van der Waals surface area (Å²) >= 11 is 0. The first-order valence-electron chi connectivity index (χ1n) is 20.1. The maximum atomic E-state index is 9.89. The summed E-state index contributed by atoms with van der Waals surface area (Å²) in [5.74, 6) is 0. The lowest BCUT2D eigenvalue weighted by atomic mass is 9.97. The average molecular weight is 644 g/mol. The van der Waals surface area contributed by atoms with E-state index in [0.29, 0.717) is 11.3 Å². The molecule has 0 aliphatic rings. The summed E-state index contributed by atoms with van der Waals surface area (Å²) in [5, 5.41) is 2.27. The van der Waals surface area contributed by atoms with Crippen molar-refractivity contribution < 1.29 is 9.60 Å². The van der Waals surface area contributed by atoms with Crippen LogP contribution in [0.25, 0.3) is 88.4 Å². The molecule has 0 fully saturated rings. The SMILES string of the molecule is [2H]c1c([2H])c([2H])c2c(c1[2H])c1c([2H])c(-c3ccc4c(c3)c3c(-c5ccccc5)cccc3n4-c3ccccc3)c([2H])c([2H])c1n2-c1ccccc1-c1ccccc1. The van der Waals surface area contributed by atoms with Crippen molar-refractivity contribution >= 4 is 43.6 Å². The number of rotatable bonds is 5. The van der Waals surface area contributed by atoms with Gasteiger partial charge in [-0.1, -0.05) is 139 Å². The maximum absolute atomic E-state index is 9.89. The molecule has 0 aliphatic heterocycles. The van der Waals surface area contributed by atoms with Crippen molar-refractivity contribution in [3.8, 4) is 44.8 Å². The second kappa shape index (κ2) is 11.5. The minimum absolute atomic E-state index is 0.0774. The first kappa shape index (κ1) is 22.1. The molecule has 2 heteroatoms. The fraction of sp³-hybridized carbons (Fsp3) is 0. The van der Waals surface area contributed by atoms with Crippen LogP contribution in [-0.4, -0.2) is 9.13 Å². The molecule has 0 aliphatic carbocycles. The Morgan fingerprint density at radius 1 is 0.380 bits per heavy atom. The quantitative estimate of drug-likeness (QED) is 0.177. The molecule has 10 rings (SSSR count). The maximum Gasteiger partial charge on any atom is 0.0645 e. The fourth-order valence-electron chi connectivity index (χ4n) is 7.37. The Morgan fingerprint density at radius 2 is 1.04 bits per heavy atom. The van der Waals surface area contributed by atoms with E-state index in [9.17, 15) is 6.85 Å². The summed E-state index contributed by atoms with van der Waals surface area (Å²) < 4.78 is 68.8. The average Bonchev–Trinajstić information content (AvgIpc) is 3.79. The first-order valence-corrected chi connectivity index (χ1v) is 16.6. The lowest BCUT2D eigenvalue weighted by Crippen LogP contribution is -1.97. The predicted molar refractivity (Wildman–Crippen MR) is 211 cm³/mol. The largest absolute Gasteiger partial charge is 0.309 e. The van der Waals surface area contributed by atoms with Gasteiger partial charge in [0.05, 0.1) is 37.3 Å². The second-order valence-corrected chi connectivity index (χ2v) is 12.4. The molecular weight excluding hydrogens is 605 g/mol. The predicted octanol–water partition coefficient (Wildman–Crippen LogP) is 12.9. The molecule has 50 heavy (non-hydrogen) atoms. The first-order chi connectivity index (χ1) is 27.8. The summed E-state index contributed by atoms with van der Waals surface area (Å²) in [6.45, 7) is 0. The molecule has 0 N–H and O–H groups in total. The van der Waals surface area contributed by atoms with Gasteiger partial charge in [0.25, 0.3) is 0 Å². The number of nitrogens with zero attached hydrogens (tertiary/aromatic N) is 2. The van der Waals surface area contributed by atoms with Crippen LogP contribution in [0.5, 0.6) is 0 Å². The van der Waals surface area contributed by atoms with E-state index in [-0.39, 0.29) is 57.6 Å². The zero-order valence-corrected chi connectivity index (χ0v) is 26.8. The zero-order chi connectivity index (χ0) is 39.1. The molecule has 2 aromatic heterocycles. The Labute approximate surface area is 300 Å². The van der Waals surface area contributed by atoms with Gasteiger partial charge >= 0.3 is 0 Å². The van der Waals surface area contributed by atoms with Gasteiger partial charge in [0.2, 0.25) is 0 Å². The zero-order valence-electron chi connectivity index (χ0n) is 33.8. The van der Waals surface area contributed by atoms with Gasteiger partial charge in [-0.2, -0.15) is 0 Å². The number of hydrogen-bond acceptors (Lipinski definition) is 0. The summed E-state index contributed by atoms with van der Waals surface area (Å²) in [7, 11) is 0. The van der Waals surface area contributed by atoms with Crippen LogP contribution >= 0.6 is 0 Å². The minimum atomic E-state index is -0.422. The van der Waals surface area contributed by atoms with E-state index >= 15 is 0 Å². The number of aromatic nitrogens is 2. The molecule has 0 bridgehead atoms. The molecule has 10 aromatic rings. The Bertz CT molecular complexity index is 3240. The Hall–Kier alpha value is -6.64. The van der Waals surface area contributed by atoms with Gasteiger partial charge in [0.15, 0.2) is 0 Å². The molecule has 8 aromatic carbocycles. The van der Waals surface area contributed by atoms with Crippen LogP contribution in [0, 0.1) is 0 Å². The normalized spacial score (nSPS) is 13.6. The Morgan fingerprint density at radius 3 is 1.84 bits per heavy atom. The highest BCUT2D eigenvalue weighted by molar-refractivity contribution is 6.17. The molecular formula is C48H32N2. The van der Waals surface area contributed by atoms with Crippen LogP contribution in [0.2, 0.25) is 0 Å². The molecule has 0 radical (unpaired) electrons. The molecule has 2 heterocycles. The molecule has 0 saturated carbocycles. The standard InChI is InChI=1S/C48H32N2/c1-4-15-33(16-5-1)38-21-10-12-24-43(38)50-44-25-13-11-22-40(44)41-31-35(27-29-45(41)50)36-28-30-46-42(32-36)48-39(34-17-6-2-7-18-34)23-14-26-47(48)49(46)37-19-8-3-9-20-37/h1-32H/i11D,13D,22D,25D,27D,29D,31D. The summed E-state index contributed by atoms with van der Waals surface area (Å²) in [6, 6.07) is 47.9. The molecule has 0 saturated heterocycles. The Kier molecular flexibility index (Phi) is 5.08. The molecule has 234 valence electrons. The van der Waals surface area contributed by atoms with Crippen LogP contribution in [0.3, 0.4) is 0 Å². The molecule has 0 atom stereocenters. The van der Waals surface area contributed by atoms with Crippen LogP contribution < -0.4 is 0 Å². The molecule has 0 amide bonds. The topological polar surface area (TPSA) is 9.86 Å². The van der Waals surface area contributed by atoms with Crippen molar-refractivity contribution in [2.24, 2.45) is 0 Å². The molecule has 0 spiro atoms. The number of fused-ring (bicyclic) bond motifs is 6. The van der Waals surface area contributed by atoms with Gasteiger partial charge in [0, 0.05) is 32.8 Å². The second-order valence-electron chi connectivity index (χ2n) is 12.4. The highest BCUT2D eigenvalue weighted by atomic mass is 15.0. The van der Waals surface area contributed by atoms with Gasteiger partial charge in [-0.15, -0.1) is 0 Å². The summed E-state index contributed by atoms with van der Waals surface area (Å²) in [4.78, 5) is 0. The molecule has 0 unspecified atom stereocenters. The van der Waals surface area contributed by atoms with Crippen molar-refractivity contribution in [2.75, 3.05) is 0 Å². The van der Waals surface area contributed by atoms with E-state index in [0.717, 1.165) is 49.7 Å². The van der Waals surface area contributed by atoms with E-state index in [1.54, 1.807) is 4.57 Å². The number of benzene rings is 8. The fourth-order valence-corrected chi connectivity index (χ4v) is 7.37. The van der Waals surface area contributed by atoms with Crippen molar-refractivity contribution in [1.82, 2.24) is 9.13 Å². The van der Waals surface area contributed by atoms with Crippen LogP contribution in [0.4, 0.5) is 0 Å². The lowest BCUT2D eigenvalue weighted by molar-refractivity contribution is 1.18. The van der Waals surface area contributed by atoms with Gasteiger partial charge in [-0.25, -0.2) is 0 Å². The van der Waals surface area contributed by atoms with Crippen molar-refractivity contribution in [3.05, 3.63) is 194 Å². The Balaban J connectivity index is 1.33. The minimum Gasteiger partial charge on any atom is -0.309 e. The van der Waals surface area contributed by atoms with Gasteiger partial charge in [0.1, 0.15) is 0 Å². The van der Waals surface area contributed by atoms with E-state index in [2.05, 4.69) is 47.0 Å². The van der Waals surface area contributed by atoms with Gasteiger partial charge in [-0.05, 0) is 82.3 Å². The monoisotopic (exact) mass is 643 g/mol. The third-order valence-electron chi connectivity index (χ3n) is 9.57. The number of hydrogen-bond donors (Lipinski definition) is 0. The van der Waals surface area contributed by atoms with Gasteiger partial charge in [-0.3, -0.25) is 0 Å². The third kappa shape index (κ3) is 4.43. The van der Waals surface area contributed by atoms with E-state index in [1.165, 1.54) is 0 Å². The summed E-state index contributed by atoms with van der Waals surface area (Å²) in [5.41, 5.74) is 8.38. The molecule has 2 nitrogen and oxygen atoms in total. The van der Waals surface area contributed by atoms with E-state index in [1.807, 2.05) is 109 Å². The van der Waals surface area contributed by atoms with E-state index in [4.69, 9.17) is 2.74 Å². The lowest BCUT2D eigenvalue weighted by Gasteiger charge is -2.14. The van der Waals surface area contributed by atoms with Crippen molar-refractivity contribution in [2.45, 2.75) is 0 Å². The highest BCUT2D eigenvalue weighted by Gasteiger charge is 2.19. The van der Waals surface area contributed by atoms with Crippen LogP contribution in [0.15, 0.2) is 194 Å². The number of para-hydroxylation sites is 3. The van der Waals surface area contributed by atoms with E-state index < -0.39 is 12.1 Å². The van der Waals surface area contributed by atoms with Gasteiger partial charge < -0.3 is 9.13 Å². The van der Waals surface area contributed by atoms with Crippen LogP contribution in [0.1, 0.15) is 9.60 Å². The highest BCUT2D eigenvalue weighted by Crippen LogP contribution is 2.42.